The number of cyclic esters (lactones) is 1. The van der Waals surface area contributed by atoms with E-state index in [9.17, 15) is 9.59 Å². The van der Waals surface area contributed by atoms with Gasteiger partial charge in [0, 0.05) is 29.7 Å². The highest BCUT2D eigenvalue weighted by atomic mass is 16.6. The number of ether oxygens (including phenoxy) is 1. The van der Waals surface area contributed by atoms with E-state index in [0.717, 1.165) is 30.5 Å². The van der Waals surface area contributed by atoms with Crippen molar-refractivity contribution in [2.24, 2.45) is 0 Å². The lowest BCUT2D eigenvalue weighted by molar-refractivity contribution is 0.0939. The summed E-state index contributed by atoms with van der Waals surface area (Å²) < 4.78 is 6.89. The second-order valence-electron chi connectivity index (χ2n) is 7.38. The number of hydrogen-bond acceptors (Lipinski definition) is 6. The molecule has 1 unspecified atom stereocenters. The molecule has 1 fully saturated rings. The van der Waals surface area contributed by atoms with Gasteiger partial charge in [-0.2, -0.15) is 5.10 Å². The molecule has 5 heterocycles. The molecular weight excluding hydrogens is 372 g/mol. The summed E-state index contributed by atoms with van der Waals surface area (Å²) in [4.78, 5) is 36.0. The molecular formula is C20H20N6O3. The summed E-state index contributed by atoms with van der Waals surface area (Å²) >= 11 is 0. The topological polar surface area (TPSA) is 102 Å². The van der Waals surface area contributed by atoms with Crippen LogP contribution in [0.2, 0.25) is 0 Å². The number of nitrogens with zero attached hydrogens (tertiary/aromatic N) is 5. The summed E-state index contributed by atoms with van der Waals surface area (Å²) in [6.07, 6.45) is 6.91. The minimum absolute atomic E-state index is 0.00336. The van der Waals surface area contributed by atoms with Crippen molar-refractivity contribution in [2.75, 3.05) is 11.5 Å². The van der Waals surface area contributed by atoms with Crippen LogP contribution in [0.4, 0.5) is 10.6 Å². The molecule has 1 N–H and O–H groups in total. The molecule has 29 heavy (non-hydrogen) atoms. The van der Waals surface area contributed by atoms with Crippen LogP contribution in [-0.2, 0) is 11.2 Å². The highest BCUT2D eigenvalue weighted by molar-refractivity contribution is 6.00. The highest BCUT2D eigenvalue weighted by Crippen LogP contribution is 2.34. The SMILES string of the molecule is C[C@@H]1CCCc2ncccc2C2COC(=O)N2c2ccn3ncc(c3n2)C(=O)N1. The Hall–Kier alpha value is -3.49. The Kier molecular flexibility index (Phi) is 4.15. The Labute approximate surface area is 166 Å². The normalized spacial score (nSPS) is 22.0. The zero-order chi connectivity index (χ0) is 20.0. The van der Waals surface area contributed by atoms with Crippen LogP contribution < -0.4 is 10.2 Å². The van der Waals surface area contributed by atoms with Crippen molar-refractivity contribution in [1.29, 1.82) is 0 Å². The second kappa shape index (κ2) is 6.84. The molecule has 9 nitrogen and oxygen atoms in total. The molecule has 3 aromatic rings. The molecule has 3 aromatic heterocycles. The molecule has 2 bridgehead atoms. The van der Waals surface area contributed by atoms with Gasteiger partial charge in [-0.3, -0.25) is 14.7 Å². The van der Waals surface area contributed by atoms with Gasteiger partial charge in [-0.15, -0.1) is 0 Å². The Balaban J connectivity index is 1.68. The highest BCUT2D eigenvalue weighted by Gasteiger charge is 2.38. The summed E-state index contributed by atoms with van der Waals surface area (Å²) in [5.41, 5.74) is 2.67. The lowest BCUT2D eigenvalue weighted by Crippen LogP contribution is -2.33. The third-order valence-electron chi connectivity index (χ3n) is 5.43. The molecule has 2 atom stereocenters. The van der Waals surface area contributed by atoms with Crippen LogP contribution in [0.1, 0.15) is 47.4 Å². The number of aromatic nitrogens is 4. The first-order chi connectivity index (χ1) is 14.1. The zero-order valence-corrected chi connectivity index (χ0v) is 15.9. The van der Waals surface area contributed by atoms with Gasteiger partial charge in [-0.05, 0) is 38.3 Å². The summed E-state index contributed by atoms with van der Waals surface area (Å²) in [6.45, 7) is 2.21. The molecule has 0 saturated carbocycles. The lowest BCUT2D eigenvalue weighted by Gasteiger charge is -2.23. The van der Waals surface area contributed by atoms with Crippen molar-refractivity contribution in [3.05, 3.63) is 53.6 Å². The van der Waals surface area contributed by atoms with Gasteiger partial charge < -0.3 is 10.1 Å². The Morgan fingerprint density at radius 3 is 3.07 bits per heavy atom. The number of rotatable bonds is 0. The molecule has 0 radical (unpaired) electrons. The fourth-order valence-corrected chi connectivity index (χ4v) is 3.97. The molecule has 0 aliphatic carbocycles. The Bertz CT molecular complexity index is 1110. The third kappa shape index (κ3) is 2.98. The van der Waals surface area contributed by atoms with E-state index in [1.807, 2.05) is 19.1 Å². The zero-order valence-electron chi connectivity index (χ0n) is 15.9. The number of aryl methyl sites for hydroxylation is 1. The molecule has 0 spiro atoms. The standard InChI is InChI=1S/C20H20N6O3/c1-12-4-2-6-15-13(5-3-8-21-15)16-11-29-20(28)26(16)17-7-9-25-18(24-17)14(10-22-25)19(27)23-12/h3,5,7-10,12,16H,2,4,6,11H2,1H3,(H,23,27)/t12-,16?/m1/s1. The fourth-order valence-electron chi connectivity index (χ4n) is 3.97. The number of carbonyl (C=O) groups excluding carboxylic acids is 2. The summed E-state index contributed by atoms with van der Waals surface area (Å²) in [5.74, 6) is 0.188. The number of hydrogen-bond donors (Lipinski definition) is 1. The van der Waals surface area contributed by atoms with Gasteiger partial charge in [0.2, 0.25) is 0 Å². The van der Waals surface area contributed by atoms with Gasteiger partial charge in [-0.1, -0.05) is 6.07 Å². The van der Waals surface area contributed by atoms with Gasteiger partial charge in [0.25, 0.3) is 5.91 Å². The monoisotopic (exact) mass is 392 g/mol. The smallest absolute Gasteiger partial charge is 0.416 e. The van der Waals surface area contributed by atoms with Crippen molar-refractivity contribution >= 4 is 23.5 Å². The first-order valence-electron chi connectivity index (χ1n) is 9.67. The van der Waals surface area contributed by atoms with E-state index in [1.165, 1.54) is 15.6 Å². The van der Waals surface area contributed by atoms with E-state index in [1.54, 1.807) is 18.5 Å². The van der Waals surface area contributed by atoms with Crippen molar-refractivity contribution < 1.29 is 14.3 Å². The van der Waals surface area contributed by atoms with Crippen LogP contribution in [0.25, 0.3) is 5.65 Å². The number of nitrogens with one attached hydrogen (secondary N) is 1. The maximum absolute atomic E-state index is 12.7. The van der Waals surface area contributed by atoms with E-state index in [-0.39, 0.29) is 24.6 Å². The molecule has 2 aliphatic rings. The molecule has 5 rings (SSSR count). The summed E-state index contributed by atoms with van der Waals surface area (Å²) in [7, 11) is 0. The maximum atomic E-state index is 12.7. The van der Waals surface area contributed by atoms with Crippen molar-refractivity contribution in [2.45, 2.75) is 38.3 Å². The van der Waals surface area contributed by atoms with Crippen LogP contribution in [0.3, 0.4) is 0 Å². The maximum Gasteiger partial charge on any atom is 0.416 e. The van der Waals surface area contributed by atoms with Gasteiger partial charge in [0.05, 0.1) is 6.20 Å². The van der Waals surface area contributed by atoms with Crippen LogP contribution in [0, 0.1) is 0 Å². The predicted octanol–water partition coefficient (Wildman–Crippen LogP) is 2.28. The quantitative estimate of drug-likeness (QED) is 0.630. The van der Waals surface area contributed by atoms with Gasteiger partial charge >= 0.3 is 6.09 Å². The first-order valence-corrected chi connectivity index (χ1v) is 9.67. The average Bonchev–Trinajstić information content (AvgIpc) is 3.30. The summed E-state index contributed by atoms with van der Waals surface area (Å²) in [5, 5.41) is 7.23. The molecule has 148 valence electrons. The molecule has 1 saturated heterocycles. The van der Waals surface area contributed by atoms with Crippen LogP contribution in [0.5, 0.6) is 0 Å². The number of anilines is 1. The number of pyridine rings is 1. The van der Waals surface area contributed by atoms with Gasteiger partial charge in [0.15, 0.2) is 5.65 Å². The van der Waals surface area contributed by atoms with Crippen molar-refractivity contribution in [1.82, 2.24) is 24.9 Å². The van der Waals surface area contributed by atoms with E-state index in [0.29, 0.717) is 17.0 Å². The molecule has 0 aromatic carbocycles. The van der Waals surface area contributed by atoms with E-state index < -0.39 is 6.09 Å². The molecule has 2 aliphatic heterocycles. The number of amides is 2. The van der Waals surface area contributed by atoms with Crippen LogP contribution in [0.15, 0.2) is 36.8 Å². The van der Waals surface area contributed by atoms with Gasteiger partial charge in [-0.25, -0.2) is 14.3 Å². The van der Waals surface area contributed by atoms with Crippen LogP contribution in [-0.4, -0.2) is 44.2 Å². The largest absolute Gasteiger partial charge is 0.447 e. The van der Waals surface area contributed by atoms with E-state index in [4.69, 9.17) is 4.74 Å². The average molecular weight is 392 g/mol. The van der Waals surface area contributed by atoms with E-state index >= 15 is 0 Å². The number of fused-ring (bicyclic) bond motifs is 5. The van der Waals surface area contributed by atoms with Crippen molar-refractivity contribution in [3.8, 4) is 0 Å². The van der Waals surface area contributed by atoms with E-state index in [2.05, 4.69) is 20.4 Å². The third-order valence-corrected chi connectivity index (χ3v) is 5.43. The Morgan fingerprint density at radius 1 is 1.28 bits per heavy atom. The van der Waals surface area contributed by atoms with Crippen LogP contribution >= 0.6 is 0 Å². The lowest BCUT2D eigenvalue weighted by atomic mass is 10.00. The summed E-state index contributed by atoms with van der Waals surface area (Å²) in [6, 6.07) is 5.25. The van der Waals surface area contributed by atoms with Crippen molar-refractivity contribution in [3.63, 3.8) is 0 Å². The predicted molar refractivity (Wildman–Crippen MR) is 104 cm³/mol. The molecule has 9 heteroatoms. The number of carbonyl (C=O) groups is 2. The second-order valence-corrected chi connectivity index (χ2v) is 7.38. The minimum atomic E-state index is -0.465. The fraction of sp³-hybridized carbons (Fsp3) is 0.350. The minimum Gasteiger partial charge on any atom is -0.447 e. The van der Waals surface area contributed by atoms with Gasteiger partial charge in [0.1, 0.15) is 24.0 Å². The first kappa shape index (κ1) is 17.6. The molecule has 2 amide bonds. The Morgan fingerprint density at radius 2 is 2.17 bits per heavy atom.